The third kappa shape index (κ3) is 2.91. The first-order valence-corrected chi connectivity index (χ1v) is 6.97. The fraction of sp³-hybridized carbons (Fsp3) is 0.176. The van der Waals surface area contributed by atoms with Gasteiger partial charge in [0.1, 0.15) is 0 Å². The van der Waals surface area contributed by atoms with Gasteiger partial charge in [0.2, 0.25) is 0 Å². The lowest BCUT2D eigenvalue weighted by atomic mass is 10.2. The molecule has 0 amide bonds. The van der Waals surface area contributed by atoms with E-state index in [1.165, 1.54) is 10.9 Å². The first kappa shape index (κ1) is 13.7. The number of fused-ring (bicyclic) bond motifs is 1. The van der Waals surface area contributed by atoms with Crippen LogP contribution in [0.25, 0.3) is 16.6 Å². The van der Waals surface area contributed by atoms with Crippen molar-refractivity contribution in [3.8, 4) is 5.69 Å². The number of aliphatic hydroxyl groups is 2. The van der Waals surface area contributed by atoms with Crippen LogP contribution in [0.4, 0.5) is 5.69 Å². The number of para-hydroxylation sites is 1. The highest BCUT2D eigenvalue weighted by Crippen LogP contribution is 2.21. The fourth-order valence-electron chi connectivity index (χ4n) is 2.35. The fourth-order valence-corrected chi connectivity index (χ4v) is 2.35. The number of hydrogen-bond acceptors (Lipinski definition) is 3. The zero-order valence-electron chi connectivity index (χ0n) is 11.6. The van der Waals surface area contributed by atoms with Crippen LogP contribution in [-0.2, 0) is 0 Å². The minimum Gasteiger partial charge on any atom is -0.394 e. The van der Waals surface area contributed by atoms with E-state index in [9.17, 15) is 5.11 Å². The molecule has 21 heavy (non-hydrogen) atoms. The quantitative estimate of drug-likeness (QED) is 0.673. The molecule has 0 aliphatic rings. The lowest BCUT2D eigenvalue weighted by molar-refractivity contribution is 0.105. The van der Waals surface area contributed by atoms with Gasteiger partial charge in [0.25, 0.3) is 0 Å². The zero-order chi connectivity index (χ0) is 14.7. The van der Waals surface area contributed by atoms with Crippen LogP contribution < -0.4 is 5.32 Å². The number of benzene rings is 2. The maximum Gasteiger partial charge on any atom is 0.0942 e. The molecule has 1 unspecified atom stereocenters. The molecule has 0 aliphatic heterocycles. The first-order valence-electron chi connectivity index (χ1n) is 6.97. The van der Waals surface area contributed by atoms with Crippen molar-refractivity contribution in [3.63, 3.8) is 0 Å². The van der Waals surface area contributed by atoms with E-state index < -0.39 is 6.10 Å². The summed E-state index contributed by atoms with van der Waals surface area (Å²) in [5, 5.41) is 22.4. The standard InChI is InChI=1S/C17H18N2O2/c20-12-16(21)11-18-14-5-7-15(8-6-14)19-10-9-13-3-1-2-4-17(13)19/h1-10,16,18,20-21H,11-12H2. The van der Waals surface area contributed by atoms with Gasteiger partial charge in [-0.05, 0) is 41.8 Å². The molecule has 4 heteroatoms. The minimum absolute atomic E-state index is 0.236. The van der Waals surface area contributed by atoms with Crippen molar-refractivity contribution >= 4 is 16.6 Å². The number of nitrogens with one attached hydrogen (secondary N) is 1. The number of aromatic nitrogens is 1. The van der Waals surface area contributed by atoms with Gasteiger partial charge in [-0.25, -0.2) is 0 Å². The maximum absolute atomic E-state index is 9.33. The minimum atomic E-state index is -0.738. The van der Waals surface area contributed by atoms with Crippen LogP contribution in [0.1, 0.15) is 0 Å². The van der Waals surface area contributed by atoms with E-state index in [1.54, 1.807) is 0 Å². The highest BCUT2D eigenvalue weighted by molar-refractivity contribution is 5.81. The monoisotopic (exact) mass is 282 g/mol. The highest BCUT2D eigenvalue weighted by atomic mass is 16.3. The van der Waals surface area contributed by atoms with E-state index in [1.807, 2.05) is 36.4 Å². The molecule has 0 saturated heterocycles. The van der Waals surface area contributed by atoms with Crippen LogP contribution in [0, 0.1) is 0 Å². The summed E-state index contributed by atoms with van der Waals surface area (Å²) >= 11 is 0. The second-order valence-corrected chi connectivity index (χ2v) is 5.01. The number of nitrogens with zero attached hydrogens (tertiary/aromatic N) is 1. The van der Waals surface area contributed by atoms with Gasteiger partial charge < -0.3 is 20.1 Å². The Labute approximate surface area is 123 Å². The van der Waals surface area contributed by atoms with Gasteiger partial charge in [-0.2, -0.15) is 0 Å². The van der Waals surface area contributed by atoms with E-state index in [-0.39, 0.29) is 6.61 Å². The molecule has 2 aromatic carbocycles. The molecule has 0 fully saturated rings. The van der Waals surface area contributed by atoms with Crippen molar-refractivity contribution in [2.24, 2.45) is 0 Å². The average molecular weight is 282 g/mol. The van der Waals surface area contributed by atoms with Crippen molar-refractivity contribution in [2.75, 3.05) is 18.5 Å². The van der Waals surface area contributed by atoms with Crippen LogP contribution in [0.3, 0.4) is 0 Å². The van der Waals surface area contributed by atoms with Crippen molar-refractivity contribution < 1.29 is 10.2 Å². The number of rotatable bonds is 5. The number of hydrogen-bond donors (Lipinski definition) is 3. The molecule has 0 saturated carbocycles. The van der Waals surface area contributed by atoms with E-state index in [4.69, 9.17) is 5.11 Å². The van der Waals surface area contributed by atoms with Gasteiger partial charge in [0, 0.05) is 24.1 Å². The second-order valence-electron chi connectivity index (χ2n) is 5.01. The number of aliphatic hydroxyl groups excluding tert-OH is 2. The lowest BCUT2D eigenvalue weighted by Crippen LogP contribution is -2.22. The van der Waals surface area contributed by atoms with Crippen LogP contribution in [-0.4, -0.2) is 34.0 Å². The molecule has 0 radical (unpaired) electrons. The molecule has 108 valence electrons. The first-order chi connectivity index (χ1) is 10.3. The average Bonchev–Trinajstić information content (AvgIpc) is 2.97. The van der Waals surface area contributed by atoms with E-state index >= 15 is 0 Å². The Morgan fingerprint density at radius 2 is 1.76 bits per heavy atom. The molecular weight excluding hydrogens is 264 g/mol. The highest BCUT2D eigenvalue weighted by Gasteiger charge is 2.04. The smallest absolute Gasteiger partial charge is 0.0942 e. The molecule has 1 atom stereocenters. The normalized spacial score (nSPS) is 12.5. The number of anilines is 1. The summed E-state index contributed by atoms with van der Waals surface area (Å²) < 4.78 is 2.14. The lowest BCUT2D eigenvalue weighted by Gasteiger charge is -2.11. The van der Waals surface area contributed by atoms with Gasteiger partial charge in [0.05, 0.1) is 18.2 Å². The summed E-state index contributed by atoms with van der Waals surface area (Å²) in [6, 6.07) is 18.3. The van der Waals surface area contributed by atoms with Crippen LogP contribution in [0.15, 0.2) is 60.8 Å². The van der Waals surface area contributed by atoms with E-state index in [2.05, 4.69) is 34.3 Å². The predicted molar refractivity (Wildman–Crippen MR) is 84.9 cm³/mol. The zero-order valence-corrected chi connectivity index (χ0v) is 11.6. The van der Waals surface area contributed by atoms with Gasteiger partial charge in [-0.3, -0.25) is 0 Å². The van der Waals surface area contributed by atoms with Crippen LogP contribution >= 0.6 is 0 Å². The molecule has 1 aromatic heterocycles. The SMILES string of the molecule is OCC(O)CNc1ccc(-n2ccc3ccccc32)cc1. The van der Waals surface area contributed by atoms with E-state index in [0.29, 0.717) is 6.54 Å². The van der Waals surface area contributed by atoms with Crippen molar-refractivity contribution in [1.29, 1.82) is 0 Å². The predicted octanol–water partition coefficient (Wildman–Crippen LogP) is 2.40. The molecule has 0 spiro atoms. The van der Waals surface area contributed by atoms with Crippen molar-refractivity contribution in [2.45, 2.75) is 6.10 Å². The summed E-state index contributed by atoms with van der Waals surface area (Å²) in [7, 11) is 0. The Hall–Kier alpha value is -2.30. The molecule has 3 rings (SSSR count). The molecule has 4 nitrogen and oxygen atoms in total. The van der Waals surface area contributed by atoms with Crippen molar-refractivity contribution in [1.82, 2.24) is 4.57 Å². The Bertz CT molecular complexity index is 719. The molecule has 0 aliphatic carbocycles. The van der Waals surface area contributed by atoms with Gasteiger partial charge in [-0.15, -0.1) is 0 Å². The Morgan fingerprint density at radius 1 is 1.00 bits per heavy atom. The summed E-state index contributed by atoms with van der Waals surface area (Å²) in [6.45, 7) is 0.0999. The molecule has 3 aromatic rings. The molecule has 3 N–H and O–H groups in total. The van der Waals surface area contributed by atoms with Crippen LogP contribution in [0.2, 0.25) is 0 Å². The van der Waals surface area contributed by atoms with Crippen LogP contribution in [0.5, 0.6) is 0 Å². The topological polar surface area (TPSA) is 57.4 Å². The Morgan fingerprint density at radius 3 is 2.52 bits per heavy atom. The maximum atomic E-state index is 9.33. The molecular formula is C17H18N2O2. The largest absolute Gasteiger partial charge is 0.394 e. The summed E-state index contributed by atoms with van der Waals surface area (Å²) in [5.74, 6) is 0. The summed E-state index contributed by atoms with van der Waals surface area (Å²) in [4.78, 5) is 0. The van der Waals surface area contributed by atoms with Gasteiger partial charge >= 0.3 is 0 Å². The molecule has 1 heterocycles. The summed E-state index contributed by atoms with van der Waals surface area (Å²) in [6.07, 6.45) is 1.32. The third-order valence-electron chi connectivity index (χ3n) is 3.50. The van der Waals surface area contributed by atoms with Gasteiger partial charge in [-0.1, -0.05) is 18.2 Å². The third-order valence-corrected chi connectivity index (χ3v) is 3.50. The molecule has 0 bridgehead atoms. The Kier molecular flexibility index (Phi) is 3.90. The summed E-state index contributed by atoms with van der Waals surface area (Å²) in [5.41, 5.74) is 3.18. The van der Waals surface area contributed by atoms with Crippen molar-refractivity contribution in [3.05, 3.63) is 60.8 Å². The van der Waals surface area contributed by atoms with Gasteiger partial charge in [0.15, 0.2) is 0 Å². The Balaban J connectivity index is 1.81. The van der Waals surface area contributed by atoms with E-state index in [0.717, 1.165) is 11.4 Å². The second kappa shape index (κ2) is 5.99.